The van der Waals surface area contributed by atoms with Gasteiger partial charge in [-0.3, -0.25) is 4.57 Å². The highest BCUT2D eigenvalue weighted by atomic mass is 31.2. The van der Waals surface area contributed by atoms with Gasteiger partial charge in [-0.25, -0.2) is 0 Å². The van der Waals surface area contributed by atoms with Crippen LogP contribution in [-0.2, 0) is 13.9 Å². The van der Waals surface area contributed by atoms with Crippen LogP contribution in [-0.4, -0.2) is 28.6 Å². The zero-order valence-electron chi connectivity index (χ0n) is 6.13. The first kappa shape index (κ1) is 11.2. The Bertz CT molecular complexity index is 173. The molecule has 0 aliphatic carbocycles. The second-order valence-electron chi connectivity index (χ2n) is 1.91. The topological polar surface area (TPSA) is 83.8 Å². The summed E-state index contributed by atoms with van der Waals surface area (Å²) in [5.74, 6) is -0.581. The smallest absolute Gasteiger partial charge is 0.338 e. The second-order valence-corrected chi connectivity index (χ2v) is 5.59. The van der Waals surface area contributed by atoms with Crippen LogP contribution in [0, 0.1) is 0 Å². The molecule has 0 amide bonds. The predicted molar refractivity (Wildman–Crippen MR) is 41.0 cm³/mol. The van der Waals surface area contributed by atoms with Crippen molar-refractivity contribution in [2.75, 3.05) is 18.9 Å². The van der Waals surface area contributed by atoms with E-state index in [-0.39, 0.29) is 6.35 Å². The lowest BCUT2D eigenvalue weighted by molar-refractivity contribution is 0.193. The molecule has 0 aliphatic rings. The van der Waals surface area contributed by atoms with Crippen molar-refractivity contribution in [1.82, 2.24) is 0 Å². The lowest BCUT2D eigenvalue weighted by Gasteiger charge is -1.93. The number of hydrogen-bond acceptors (Lipinski definition) is 3. The van der Waals surface area contributed by atoms with Crippen LogP contribution in [0.1, 0.15) is 6.92 Å². The Morgan fingerprint density at radius 2 is 2.09 bits per heavy atom. The van der Waals surface area contributed by atoms with Crippen LogP contribution in [0.25, 0.3) is 0 Å². The molecule has 0 fully saturated rings. The highest BCUT2D eigenvalue weighted by molar-refractivity contribution is 7.66. The maximum absolute atomic E-state index is 10.7. The molecule has 0 heterocycles. The highest BCUT2D eigenvalue weighted by Gasteiger charge is 2.28. The SMILES string of the molecule is CCOC[P+](=O)CP(=O)(O)O. The first-order valence-corrected chi connectivity index (χ1v) is 6.43. The highest BCUT2D eigenvalue weighted by Crippen LogP contribution is 2.44. The molecule has 2 N–H and O–H groups in total. The molecule has 0 saturated carbocycles. The van der Waals surface area contributed by atoms with E-state index in [9.17, 15) is 9.13 Å². The van der Waals surface area contributed by atoms with Gasteiger partial charge in [-0.2, -0.15) is 0 Å². The van der Waals surface area contributed by atoms with Crippen molar-refractivity contribution in [3.63, 3.8) is 0 Å². The summed E-state index contributed by atoms with van der Waals surface area (Å²) >= 11 is 0. The lowest BCUT2D eigenvalue weighted by Crippen LogP contribution is -1.91. The third-order valence-electron chi connectivity index (χ3n) is 0.781. The Hall–Kier alpha value is 0.210. The predicted octanol–water partition coefficient (Wildman–Crippen LogP) is 0.943. The van der Waals surface area contributed by atoms with E-state index in [2.05, 4.69) is 0 Å². The zero-order valence-corrected chi connectivity index (χ0v) is 7.92. The van der Waals surface area contributed by atoms with Crippen LogP contribution in [0.4, 0.5) is 0 Å². The molecular weight excluding hydrogens is 190 g/mol. The van der Waals surface area contributed by atoms with Gasteiger partial charge in [-0.1, -0.05) is 4.57 Å². The Morgan fingerprint density at radius 1 is 1.55 bits per heavy atom. The average Bonchev–Trinajstić information content (AvgIpc) is 1.79. The molecule has 0 aliphatic heterocycles. The molecule has 1 atom stereocenters. The minimum Gasteiger partial charge on any atom is -0.338 e. The minimum atomic E-state index is -4.13. The fourth-order valence-corrected chi connectivity index (χ4v) is 2.80. The van der Waals surface area contributed by atoms with Crippen LogP contribution < -0.4 is 0 Å². The summed E-state index contributed by atoms with van der Waals surface area (Å²) in [5.41, 5.74) is 0. The normalized spacial score (nSPS) is 13.2. The van der Waals surface area contributed by atoms with E-state index in [4.69, 9.17) is 14.5 Å². The summed E-state index contributed by atoms with van der Waals surface area (Å²) in [5, 5.41) is 0. The average molecular weight is 201 g/mol. The van der Waals surface area contributed by atoms with Gasteiger partial charge in [0.15, 0.2) is 0 Å². The van der Waals surface area contributed by atoms with Crippen molar-refractivity contribution in [3.8, 4) is 0 Å². The molecule has 0 radical (unpaired) electrons. The molecule has 0 bridgehead atoms. The van der Waals surface area contributed by atoms with Crippen LogP contribution in [0.15, 0.2) is 0 Å². The van der Waals surface area contributed by atoms with E-state index in [1.54, 1.807) is 6.92 Å². The summed E-state index contributed by atoms with van der Waals surface area (Å²) < 4.78 is 25.7. The number of hydrogen-bond donors (Lipinski definition) is 2. The molecular formula is C4H11O5P2+. The third kappa shape index (κ3) is 8.11. The standard InChI is InChI=1S/C4H10O5P2/c1-2-9-3-10(5)4-11(6,7)8/h2-4H2,1H3,(H-,6,7,8)/p+1. The van der Waals surface area contributed by atoms with Crippen LogP contribution >= 0.6 is 15.4 Å². The molecule has 1 unspecified atom stereocenters. The molecule has 0 aromatic carbocycles. The molecule has 0 aromatic rings. The van der Waals surface area contributed by atoms with Gasteiger partial charge < -0.3 is 14.5 Å². The second kappa shape index (κ2) is 4.96. The minimum absolute atomic E-state index is 0.0725. The van der Waals surface area contributed by atoms with E-state index in [0.29, 0.717) is 6.61 Å². The summed E-state index contributed by atoms with van der Waals surface area (Å²) in [6, 6.07) is 0. The van der Waals surface area contributed by atoms with Gasteiger partial charge in [0.1, 0.15) is 0 Å². The Morgan fingerprint density at radius 3 is 2.45 bits per heavy atom. The molecule has 66 valence electrons. The maximum Gasteiger partial charge on any atom is 0.379 e. The van der Waals surface area contributed by atoms with Gasteiger partial charge in [-0.15, -0.1) is 0 Å². The van der Waals surface area contributed by atoms with Crippen LogP contribution in [0.2, 0.25) is 0 Å². The van der Waals surface area contributed by atoms with E-state index in [1.165, 1.54) is 0 Å². The number of rotatable bonds is 5. The number of ether oxygens (including phenoxy) is 1. The van der Waals surface area contributed by atoms with Crippen molar-refractivity contribution in [2.45, 2.75) is 6.92 Å². The first-order chi connectivity index (χ1) is 4.95. The summed E-state index contributed by atoms with van der Waals surface area (Å²) in [6.45, 7) is 2.13. The molecule has 5 nitrogen and oxygen atoms in total. The van der Waals surface area contributed by atoms with E-state index in [0.717, 1.165) is 0 Å². The monoisotopic (exact) mass is 201 g/mol. The molecule has 0 rings (SSSR count). The molecule has 0 aromatic heterocycles. The molecule has 0 saturated heterocycles. The largest absolute Gasteiger partial charge is 0.379 e. The van der Waals surface area contributed by atoms with E-state index in [1.807, 2.05) is 0 Å². The Balaban J connectivity index is 3.62. The van der Waals surface area contributed by atoms with E-state index < -0.39 is 21.3 Å². The summed E-state index contributed by atoms with van der Waals surface area (Å²) in [7, 11) is -6.04. The fraction of sp³-hybridized carbons (Fsp3) is 1.00. The molecule has 11 heavy (non-hydrogen) atoms. The van der Waals surface area contributed by atoms with Crippen molar-refractivity contribution in [2.24, 2.45) is 0 Å². The quantitative estimate of drug-likeness (QED) is 0.646. The first-order valence-electron chi connectivity index (χ1n) is 3.00. The zero-order chi connectivity index (χ0) is 8.91. The Labute approximate surface area is 65.7 Å². The lowest BCUT2D eigenvalue weighted by atomic mass is 10.9. The third-order valence-corrected chi connectivity index (χ3v) is 3.99. The van der Waals surface area contributed by atoms with Gasteiger partial charge in [0, 0.05) is 6.61 Å². The van der Waals surface area contributed by atoms with Crippen LogP contribution in [0.3, 0.4) is 0 Å². The van der Waals surface area contributed by atoms with Crippen molar-refractivity contribution < 1.29 is 23.7 Å². The van der Waals surface area contributed by atoms with Gasteiger partial charge in [-0.05, 0) is 6.92 Å². The van der Waals surface area contributed by atoms with Crippen molar-refractivity contribution >= 4 is 15.4 Å². The maximum atomic E-state index is 10.7. The van der Waals surface area contributed by atoms with Gasteiger partial charge in [0.05, 0.1) is 0 Å². The summed E-state index contributed by atoms with van der Waals surface area (Å²) in [6.07, 6.45) is -0.0725. The van der Waals surface area contributed by atoms with E-state index >= 15 is 0 Å². The van der Waals surface area contributed by atoms with Gasteiger partial charge in [0.25, 0.3) is 0 Å². The fourth-order valence-electron chi connectivity index (χ4n) is 0.439. The Kier molecular flexibility index (Phi) is 5.06. The van der Waals surface area contributed by atoms with Crippen molar-refractivity contribution in [1.29, 1.82) is 0 Å². The van der Waals surface area contributed by atoms with Gasteiger partial charge >= 0.3 is 15.4 Å². The van der Waals surface area contributed by atoms with Gasteiger partial charge in [0.2, 0.25) is 12.3 Å². The van der Waals surface area contributed by atoms with Crippen molar-refractivity contribution in [3.05, 3.63) is 0 Å². The van der Waals surface area contributed by atoms with Crippen LogP contribution in [0.5, 0.6) is 0 Å². The summed E-state index contributed by atoms with van der Waals surface area (Å²) in [4.78, 5) is 16.7. The molecule has 0 spiro atoms. The molecule has 7 heteroatoms.